The number of aryl methyl sites for hydroxylation is 1. The number of piperazine rings is 1. The average molecular weight is 326 g/mol. The van der Waals surface area contributed by atoms with Crippen molar-refractivity contribution in [2.45, 2.75) is 13.0 Å². The summed E-state index contributed by atoms with van der Waals surface area (Å²) >= 11 is 0. The van der Waals surface area contributed by atoms with Gasteiger partial charge in [-0.15, -0.1) is 0 Å². The van der Waals surface area contributed by atoms with Crippen molar-refractivity contribution in [1.82, 2.24) is 19.8 Å². The van der Waals surface area contributed by atoms with E-state index in [1.807, 2.05) is 42.2 Å². The molecule has 0 radical (unpaired) electrons. The molecule has 1 aromatic heterocycles. The van der Waals surface area contributed by atoms with Crippen LogP contribution in [0.4, 0.5) is 0 Å². The number of hydrogen-bond acceptors (Lipinski definition) is 5. The molecule has 6 nitrogen and oxygen atoms in total. The summed E-state index contributed by atoms with van der Waals surface area (Å²) in [5.74, 6) is -0.0173. The molecule has 0 bridgehead atoms. The minimum absolute atomic E-state index is 0.0173. The Morgan fingerprint density at radius 3 is 2.58 bits per heavy atom. The fraction of sp³-hybridized carbons (Fsp3) is 0.389. The van der Waals surface area contributed by atoms with Gasteiger partial charge in [0, 0.05) is 38.9 Å². The third kappa shape index (κ3) is 3.77. The summed E-state index contributed by atoms with van der Waals surface area (Å²) in [4.78, 5) is 24.6. The summed E-state index contributed by atoms with van der Waals surface area (Å²) in [5, 5.41) is 10.3. The summed E-state index contributed by atoms with van der Waals surface area (Å²) in [6.07, 6.45) is 2.53. The lowest BCUT2D eigenvalue weighted by molar-refractivity contribution is 0.0526. The molecule has 2 aromatic rings. The molecule has 1 aliphatic rings. The van der Waals surface area contributed by atoms with E-state index >= 15 is 0 Å². The van der Waals surface area contributed by atoms with Crippen molar-refractivity contribution in [3.05, 3.63) is 59.7 Å². The van der Waals surface area contributed by atoms with Crippen LogP contribution in [0, 0.1) is 6.92 Å². The fourth-order valence-electron chi connectivity index (χ4n) is 2.93. The zero-order valence-electron chi connectivity index (χ0n) is 13.8. The van der Waals surface area contributed by atoms with Crippen molar-refractivity contribution in [3.63, 3.8) is 0 Å². The smallest absolute Gasteiger partial charge is 0.257 e. The second-order valence-electron chi connectivity index (χ2n) is 6.04. The van der Waals surface area contributed by atoms with Crippen LogP contribution in [0.2, 0.25) is 0 Å². The highest BCUT2D eigenvalue weighted by Crippen LogP contribution is 2.16. The van der Waals surface area contributed by atoms with Gasteiger partial charge in [-0.25, -0.2) is 9.97 Å². The summed E-state index contributed by atoms with van der Waals surface area (Å²) < 4.78 is 0. The number of rotatable bonds is 4. The van der Waals surface area contributed by atoms with E-state index in [2.05, 4.69) is 14.9 Å². The number of nitrogens with zero attached hydrogens (tertiary/aromatic N) is 4. The molecule has 1 aromatic carbocycles. The van der Waals surface area contributed by atoms with Gasteiger partial charge < -0.3 is 10.0 Å². The molecule has 6 heteroatoms. The Kier molecular flexibility index (Phi) is 5.17. The molecular weight excluding hydrogens is 304 g/mol. The van der Waals surface area contributed by atoms with Gasteiger partial charge in [-0.3, -0.25) is 9.69 Å². The third-order valence-electron chi connectivity index (χ3n) is 4.42. The number of aromatic nitrogens is 2. The van der Waals surface area contributed by atoms with Crippen LogP contribution >= 0.6 is 0 Å². The van der Waals surface area contributed by atoms with Gasteiger partial charge >= 0.3 is 0 Å². The zero-order chi connectivity index (χ0) is 16.9. The number of aliphatic hydroxyl groups excluding tert-OH is 1. The van der Waals surface area contributed by atoms with Crippen molar-refractivity contribution in [1.29, 1.82) is 0 Å². The van der Waals surface area contributed by atoms with E-state index in [4.69, 9.17) is 0 Å². The van der Waals surface area contributed by atoms with Crippen LogP contribution in [0.1, 0.15) is 27.7 Å². The van der Waals surface area contributed by atoms with Crippen molar-refractivity contribution in [2.24, 2.45) is 0 Å². The molecule has 1 aliphatic heterocycles. The van der Waals surface area contributed by atoms with Gasteiger partial charge in [0.2, 0.25) is 0 Å². The van der Waals surface area contributed by atoms with Crippen LogP contribution in [0.25, 0.3) is 0 Å². The minimum atomic E-state index is -0.502. The van der Waals surface area contributed by atoms with Crippen LogP contribution < -0.4 is 0 Å². The van der Waals surface area contributed by atoms with Crippen LogP contribution in [0.5, 0.6) is 0 Å². The predicted molar refractivity (Wildman–Crippen MR) is 90.5 cm³/mol. The van der Waals surface area contributed by atoms with E-state index in [-0.39, 0.29) is 5.91 Å². The van der Waals surface area contributed by atoms with Crippen molar-refractivity contribution < 1.29 is 9.90 Å². The standard InChI is InChI=1S/C18H22N4O2/c1-14-16(11-19-13-20-14)18(24)22-9-7-21(8-10-22)12-17(23)15-5-3-2-4-6-15/h2-6,11,13,17,23H,7-10,12H2,1H3/t17-/m0/s1. The van der Waals surface area contributed by atoms with Crippen molar-refractivity contribution in [2.75, 3.05) is 32.7 Å². The van der Waals surface area contributed by atoms with Crippen LogP contribution in [0.3, 0.4) is 0 Å². The molecule has 0 unspecified atom stereocenters. The van der Waals surface area contributed by atoms with Gasteiger partial charge in [-0.2, -0.15) is 0 Å². The Labute approximate surface area is 141 Å². The molecule has 0 saturated carbocycles. The maximum absolute atomic E-state index is 12.5. The van der Waals surface area contributed by atoms with Crippen LogP contribution in [0.15, 0.2) is 42.9 Å². The maximum atomic E-state index is 12.5. The number of β-amino-alcohol motifs (C(OH)–C–C–N with tert-alkyl or cyclic N) is 1. The molecular formula is C18H22N4O2. The van der Waals surface area contributed by atoms with E-state index in [0.29, 0.717) is 30.9 Å². The van der Waals surface area contributed by atoms with E-state index in [1.165, 1.54) is 6.33 Å². The van der Waals surface area contributed by atoms with E-state index < -0.39 is 6.10 Å². The monoisotopic (exact) mass is 326 g/mol. The van der Waals surface area contributed by atoms with Crippen molar-refractivity contribution >= 4 is 5.91 Å². The van der Waals surface area contributed by atoms with Gasteiger partial charge in [0.15, 0.2) is 0 Å². The summed E-state index contributed by atoms with van der Waals surface area (Å²) in [6.45, 7) is 5.20. The lowest BCUT2D eigenvalue weighted by Gasteiger charge is -2.35. The first kappa shape index (κ1) is 16.5. The van der Waals surface area contributed by atoms with E-state index in [0.717, 1.165) is 18.7 Å². The number of carbonyl (C=O) groups excluding carboxylic acids is 1. The topological polar surface area (TPSA) is 69.6 Å². The molecule has 1 saturated heterocycles. The molecule has 126 valence electrons. The Morgan fingerprint density at radius 1 is 1.21 bits per heavy atom. The second kappa shape index (κ2) is 7.51. The SMILES string of the molecule is Cc1ncncc1C(=O)N1CCN(C[C@H](O)c2ccccc2)CC1. The first-order valence-electron chi connectivity index (χ1n) is 8.16. The number of hydrogen-bond donors (Lipinski definition) is 1. The number of benzene rings is 1. The Hall–Kier alpha value is -2.31. The first-order chi connectivity index (χ1) is 11.6. The molecule has 1 amide bonds. The Morgan fingerprint density at radius 2 is 1.92 bits per heavy atom. The number of aliphatic hydroxyl groups is 1. The van der Waals surface area contributed by atoms with Gasteiger partial charge in [0.05, 0.1) is 17.4 Å². The van der Waals surface area contributed by atoms with Gasteiger partial charge in [-0.1, -0.05) is 30.3 Å². The molecule has 24 heavy (non-hydrogen) atoms. The molecule has 2 heterocycles. The quantitative estimate of drug-likeness (QED) is 0.916. The highest BCUT2D eigenvalue weighted by molar-refractivity contribution is 5.94. The largest absolute Gasteiger partial charge is 0.387 e. The van der Waals surface area contributed by atoms with Gasteiger partial charge in [-0.05, 0) is 12.5 Å². The highest BCUT2D eigenvalue weighted by atomic mass is 16.3. The number of amides is 1. The van der Waals surface area contributed by atoms with Crippen molar-refractivity contribution in [3.8, 4) is 0 Å². The molecule has 1 N–H and O–H groups in total. The summed E-state index contributed by atoms with van der Waals surface area (Å²) in [5.41, 5.74) is 2.19. The maximum Gasteiger partial charge on any atom is 0.257 e. The molecule has 1 fully saturated rings. The average Bonchev–Trinajstić information content (AvgIpc) is 2.63. The van der Waals surface area contributed by atoms with Crippen LogP contribution in [-0.2, 0) is 0 Å². The molecule has 1 atom stereocenters. The second-order valence-corrected chi connectivity index (χ2v) is 6.04. The highest BCUT2D eigenvalue weighted by Gasteiger charge is 2.24. The van der Waals surface area contributed by atoms with Gasteiger partial charge in [0.25, 0.3) is 5.91 Å². The van der Waals surface area contributed by atoms with E-state index in [1.54, 1.807) is 6.20 Å². The molecule has 3 rings (SSSR count). The molecule has 0 spiro atoms. The summed E-state index contributed by atoms with van der Waals surface area (Å²) in [7, 11) is 0. The van der Waals surface area contributed by atoms with Crippen LogP contribution in [-0.4, -0.2) is 63.5 Å². The van der Waals surface area contributed by atoms with E-state index in [9.17, 15) is 9.90 Å². The number of carbonyl (C=O) groups is 1. The first-order valence-corrected chi connectivity index (χ1v) is 8.16. The fourth-order valence-corrected chi connectivity index (χ4v) is 2.93. The minimum Gasteiger partial charge on any atom is -0.387 e. The predicted octanol–water partition coefficient (Wildman–Crippen LogP) is 1.28. The lowest BCUT2D eigenvalue weighted by atomic mass is 10.1. The Balaban J connectivity index is 1.54. The lowest BCUT2D eigenvalue weighted by Crippen LogP contribution is -2.49. The summed E-state index contributed by atoms with van der Waals surface area (Å²) in [6, 6.07) is 9.67. The normalized spacial score (nSPS) is 16.8. The molecule has 0 aliphatic carbocycles. The Bertz CT molecular complexity index is 684. The third-order valence-corrected chi connectivity index (χ3v) is 4.42. The van der Waals surface area contributed by atoms with Gasteiger partial charge in [0.1, 0.15) is 6.33 Å². The zero-order valence-corrected chi connectivity index (χ0v) is 13.8.